The first-order chi connectivity index (χ1) is 6.74. The van der Waals surface area contributed by atoms with Crippen LogP contribution in [0.15, 0.2) is 28.0 Å². The van der Waals surface area contributed by atoms with Crippen LogP contribution in [0.4, 0.5) is 0 Å². The third-order valence-corrected chi connectivity index (χ3v) is 1.93. The van der Waals surface area contributed by atoms with Crippen molar-refractivity contribution in [3.8, 4) is 0 Å². The molecule has 78 valence electrons. The third-order valence-electron chi connectivity index (χ3n) is 1.93. The molecular formula is C9H15N3O2. The third kappa shape index (κ3) is 3.10. The molecule has 1 heterocycles. The number of hydrogen-bond donors (Lipinski definition) is 3. The average molecular weight is 197 g/mol. The molecule has 0 spiro atoms. The maximum Gasteiger partial charge on any atom is 0.140 e. The highest BCUT2D eigenvalue weighted by molar-refractivity contribution is 5.79. The average Bonchev–Trinajstić information content (AvgIpc) is 2.70. The summed E-state index contributed by atoms with van der Waals surface area (Å²) in [7, 11) is 0. The number of nitrogens with two attached hydrogens (primary N) is 1. The van der Waals surface area contributed by atoms with E-state index in [9.17, 15) is 0 Å². The Morgan fingerprint density at radius 2 is 2.57 bits per heavy atom. The van der Waals surface area contributed by atoms with Gasteiger partial charge in [-0.15, -0.1) is 0 Å². The van der Waals surface area contributed by atoms with Gasteiger partial charge in [0.1, 0.15) is 11.6 Å². The second-order valence-electron chi connectivity index (χ2n) is 3.03. The van der Waals surface area contributed by atoms with Crippen LogP contribution in [0.5, 0.6) is 0 Å². The Bertz CT molecular complexity index is 282. The molecule has 1 rings (SSSR count). The summed E-state index contributed by atoms with van der Waals surface area (Å²) < 4.78 is 5.21. The molecular weight excluding hydrogens is 182 g/mol. The number of furan rings is 1. The molecule has 0 bridgehead atoms. The van der Waals surface area contributed by atoms with Crippen LogP contribution in [0.1, 0.15) is 25.1 Å². The normalized spacial score (nSPS) is 14.2. The van der Waals surface area contributed by atoms with Crippen molar-refractivity contribution in [3.63, 3.8) is 0 Å². The molecule has 14 heavy (non-hydrogen) atoms. The van der Waals surface area contributed by atoms with Crippen LogP contribution < -0.4 is 11.1 Å². The summed E-state index contributed by atoms with van der Waals surface area (Å²) in [6.45, 7) is 2.64. The molecule has 0 saturated heterocycles. The molecule has 0 fully saturated rings. The van der Waals surface area contributed by atoms with Crippen molar-refractivity contribution in [2.75, 3.05) is 6.54 Å². The molecule has 0 aromatic carbocycles. The molecule has 1 unspecified atom stereocenters. The van der Waals surface area contributed by atoms with Gasteiger partial charge < -0.3 is 20.7 Å². The molecule has 0 aliphatic carbocycles. The van der Waals surface area contributed by atoms with Gasteiger partial charge in [-0.1, -0.05) is 5.16 Å². The van der Waals surface area contributed by atoms with E-state index in [0.29, 0.717) is 13.0 Å². The van der Waals surface area contributed by atoms with Gasteiger partial charge in [-0.3, -0.25) is 0 Å². The number of rotatable bonds is 5. The summed E-state index contributed by atoms with van der Waals surface area (Å²) in [6.07, 6.45) is 2.15. The summed E-state index contributed by atoms with van der Waals surface area (Å²) in [5.41, 5.74) is 5.31. The molecule has 5 heteroatoms. The fourth-order valence-electron chi connectivity index (χ4n) is 1.10. The van der Waals surface area contributed by atoms with Crippen molar-refractivity contribution < 1.29 is 9.62 Å². The minimum absolute atomic E-state index is 0.136. The second-order valence-corrected chi connectivity index (χ2v) is 3.03. The van der Waals surface area contributed by atoms with Gasteiger partial charge in [0.2, 0.25) is 0 Å². The molecule has 0 aliphatic rings. The molecule has 1 aromatic rings. The lowest BCUT2D eigenvalue weighted by atomic mass is 10.2. The van der Waals surface area contributed by atoms with Gasteiger partial charge in [-0.25, -0.2) is 0 Å². The first-order valence-corrected chi connectivity index (χ1v) is 4.47. The Kier molecular flexibility index (Phi) is 4.00. The van der Waals surface area contributed by atoms with Crippen LogP contribution in [0.3, 0.4) is 0 Å². The van der Waals surface area contributed by atoms with E-state index in [1.54, 1.807) is 6.26 Å². The summed E-state index contributed by atoms with van der Waals surface area (Å²) in [6, 6.07) is 3.88. The quantitative estimate of drug-likeness (QED) is 0.285. The molecule has 0 amide bonds. The lowest BCUT2D eigenvalue weighted by molar-refractivity contribution is 0.316. The smallest absolute Gasteiger partial charge is 0.140 e. The summed E-state index contributed by atoms with van der Waals surface area (Å²) in [5, 5.41) is 14.4. The Morgan fingerprint density at radius 3 is 3.14 bits per heavy atom. The topological polar surface area (TPSA) is 83.8 Å². The summed E-state index contributed by atoms with van der Waals surface area (Å²) >= 11 is 0. The summed E-state index contributed by atoms with van der Waals surface area (Å²) in [4.78, 5) is 0. The van der Waals surface area contributed by atoms with Crippen molar-refractivity contribution >= 4 is 5.84 Å². The van der Waals surface area contributed by atoms with Gasteiger partial charge in [-0.05, 0) is 19.1 Å². The molecule has 0 aliphatic heterocycles. The number of nitrogens with one attached hydrogen (secondary N) is 1. The minimum Gasteiger partial charge on any atom is -0.468 e. The van der Waals surface area contributed by atoms with E-state index in [2.05, 4.69) is 10.5 Å². The monoisotopic (exact) mass is 197 g/mol. The maximum atomic E-state index is 8.30. The van der Waals surface area contributed by atoms with Gasteiger partial charge in [0.15, 0.2) is 0 Å². The predicted molar refractivity (Wildman–Crippen MR) is 53.2 cm³/mol. The van der Waals surface area contributed by atoms with E-state index < -0.39 is 0 Å². The Labute approximate surface area is 82.6 Å². The maximum absolute atomic E-state index is 8.30. The molecule has 4 N–H and O–H groups in total. The van der Waals surface area contributed by atoms with Crippen molar-refractivity contribution in [2.24, 2.45) is 10.9 Å². The second kappa shape index (κ2) is 5.29. The first kappa shape index (κ1) is 10.6. The molecule has 1 atom stereocenters. The van der Waals surface area contributed by atoms with E-state index in [1.165, 1.54) is 0 Å². The molecule has 5 nitrogen and oxygen atoms in total. The van der Waals surface area contributed by atoms with E-state index in [4.69, 9.17) is 15.4 Å². The Morgan fingerprint density at radius 1 is 1.79 bits per heavy atom. The minimum atomic E-state index is 0.136. The van der Waals surface area contributed by atoms with E-state index in [1.807, 2.05) is 19.1 Å². The van der Waals surface area contributed by atoms with Gasteiger partial charge in [0, 0.05) is 13.0 Å². The van der Waals surface area contributed by atoms with Gasteiger partial charge in [-0.2, -0.15) is 0 Å². The number of nitrogens with zero attached hydrogens (tertiary/aromatic N) is 1. The zero-order valence-electron chi connectivity index (χ0n) is 8.10. The highest BCUT2D eigenvalue weighted by atomic mass is 16.4. The fourth-order valence-corrected chi connectivity index (χ4v) is 1.10. The van der Waals surface area contributed by atoms with Crippen molar-refractivity contribution in [1.82, 2.24) is 5.32 Å². The van der Waals surface area contributed by atoms with Crippen LogP contribution in [-0.4, -0.2) is 17.6 Å². The molecule has 1 aromatic heterocycles. The summed E-state index contributed by atoms with van der Waals surface area (Å²) in [5.74, 6) is 1.11. The molecule has 0 radical (unpaired) electrons. The highest BCUT2D eigenvalue weighted by Crippen LogP contribution is 2.11. The van der Waals surface area contributed by atoms with Crippen molar-refractivity contribution in [2.45, 2.75) is 19.4 Å². The van der Waals surface area contributed by atoms with Crippen molar-refractivity contribution in [3.05, 3.63) is 24.2 Å². The van der Waals surface area contributed by atoms with Gasteiger partial charge >= 0.3 is 0 Å². The van der Waals surface area contributed by atoms with Gasteiger partial charge in [0.25, 0.3) is 0 Å². The first-order valence-electron chi connectivity index (χ1n) is 4.47. The van der Waals surface area contributed by atoms with Crippen LogP contribution >= 0.6 is 0 Å². The Balaban J connectivity index is 2.26. The van der Waals surface area contributed by atoms with E-state index >= 15 is 0 Å². The highest BCUT2D eigenvalue weighted by Gasteiger charge is 2.06. The lowest BCUT2D eigenvalue weighted by Crippen LogP contribution is -2.24. The van der Waals surface area contributed by atoms with Crippen LogP contribution in [0.25, 0.3) is 0 Å². The lowest BCUT2D eigenvalue weighted by Gasteiger charge is -2.10. The standard InChI is InChI=1S/C9H15N3O2/c1-7(8-3-2-6-14-8)11-5-4-9(10)12-13/h2-3,6-7,11,13H,4-5H2,1H3,(H2,10,12). The SMILES string of the molecule is CC(NCCC(N)=NO)c1ccco1. The van der Waals surface area contributed by atoms with Crippen LogP contribution in [0.2, 0.25) is 0 Å². The van der Waals surface area contributed by atoms with Gasteiger partial charge in [0.05, 0.1) is 12.3 Å². The number of hydrogen-bond acceptors (Lipinski definition) is 4. The van der Waals surface area contributed by atoms with Crippen molar-refractivity contribution in [1.29, 1.82) is 0 Å². The fraction of sp³-hybridized carbons (Fsp3) is 0.444. The van der Waals surface area contributed by atoms with Crippen LogP contribution in [-0.2, 0) is 0 Å². The van der Waals surface area contributed by atoms with E-state index in [-0.39, 0.29) is 11.9 Å². The number of oxime groups is 1. The zero-order valence-corrected chi connectivity index (χ0v) is 8.10. The van der Waals surface area contributed by atoms with E-state index in [0.717, 1.165) is 5.76 Å². The largest absolute Gasteiger partial charge is 0.468 e. The predicted octanol–water partition coefficient (Wildman–Crippen LogP) is 1.07. The number of amidine groups is 1. The zero-order chi connectivity index (χ0) is 10.4. The Hall–Kier alpha value is -1.49. The van der Waals surface area contributed by atoms with Crippen LogP contribution in [0, 0.1) is 0 Å². The molecule has 0 saturated carbocycles.